The van der Waals surface area contributed by atoms with Gasteiger partial charge in [0.25, 0.3) is 0 Å². The van der Waals surface area contributed by atoms with Gasteiger partial charge in [0.15, 0.2) is 0 Å². The molecule has 4 nitrogen and oxygen atoms in total. The standard InChI is InChI=1S/C14H19NO2.C2H7N.C2H6/c1-6-8-11(2)12-9-7-10-15(12)13(16)17-14(3,4)5;1-3-2;1-2/h6-10H,1H2,2-5H3;3H,1-2H3;1-2H3/b11-8+;;. The number of nitrogens with one attached hydrogen (secondary N) is 1. The third kappa shape index (κ3) is 9.19. The second-order valence-electron chi connectivity index (χ2n) is 5.33. The smallest absolute Gasteiger partial charge is 0.418 e. The van der Waals surface area contributed by atoms with E-state index in [0.717, 1.165) is 11.3 Å². The number of allylic oxidation sites excluding steroid dienone is 3. The maximum Gasteiger partial charge on any atom is 0.418 e. The van der Waals surface area contributed by atoms with Gasteiger partial charge in [-0.1, -0.05) is 32.6 Å². The van der Waals surface area contributed by atoms with Crippen molar-refractivity contribution in [3.8, 4) is 0 Å². The molecule has 1 rings (SSSR count). The van der Waals surface area contributed by atoms with Gasteiger partial charge in [-0.15, -0.1) is 0 Å². The first-order chi connectivity index (χ1) is 10.3. The molecule has 0 atom stereocenters. The molecular weight excluding hydrogens is 276 g/mol. The van der Waals surface area contributed by atoms with Crippen molar-refractivity contribution in [1.82, 2.24) is 9.88 Å². The quantitative estimate of drug-likeness (QED) is 0.804. The Morgan fingerprint density at radius 1 is 1.32 bits per heavy atom. The second-order valence-corrected chi connectivity index (χ2v) is 5.33. The zero-order valence-corrected chi connectivity index (χ0v) is 15.4. The van der Waals surface area contributed by atoms with Gasteiger partial charge in [-0.3, -0.25) is 4.57 Å². The van der Waals surface area contributed by atoms with Crippen molar-refractivity contribution in [3.63, 3.8) is 0 Å². The number of hydrogen-bond donors (Lipinski definition) is 1. The van der Waals surface area contributed by atoms with E-state index < -0.39 is 5.60 Å². The summed E-state index contributed by atoms with van der Waals surface area (Å²) in [6.45, 7) is 15.1. The molecule has 0 bridgehead atoms. The van der Waals surface area contributed by atoms with Crippen LogP contribution in [0.15, 0.2) is 37.1 Å². The van der Waals surface area contributed by atoms with Crippen molar-refractivity contribution < 1.29 is 9.53 Å². The summed E-state index contributed by atoms with van der Waals surface area (Å²) in [4.78, 5) is 11.9. The fourth-order valence-electron chi connectivity index (χ4n) is 1.43. The topological polar surface area (TPSA) is 43.3 Å². The molecule has 1 N–H and O–H groups in total. The molecule has 0 saturated heterocycles. The molecule has 1 aromatic rings. The number of hydrogen-bond acceptors (Lipinski definition) is 3. The van der Waals surface area contributed by atoms with Crippen LogP contribution in [-0.2, 0) is 4.74 Å². The molecule has 0 unspecified atom stereocenters. The highest BCUT2D eigenvalue weighted by Crippen LogP contribution is 2.17. The number of nitrogens with zero attached hydrogens (tertiary/aromatic N) is 1. The molecule has 1 aromatic heterocycles. The summed E-state index contributed by atoms with van der Waals surface area (Å²) < 4.78 is 6.82. The van der Waals surface area contributed by atoms with Crippen molar-refractivity contribution in [2.24, 2.45) is 0 Å². The summed E-state index contributed by atoms with van der Waals surface area (Å²) in [5.74, 6) is 0. The predicted octanol–water partition coefficient (Wildman–Crippen LogP) is 4.72. The van der Waals surface area contributed by atoms with Crippen LogP contribution in [0, 0.1) is 0 Å². The average Bonchev–Trinajstić information content (AvgIpc) is 2.89. The van der Waals surface area contributed by atoms with Crippen molar-refractivity contribution in [1.29, 1.82) is 0 Å². The minimum Gasteiger partial charge on any atom is -0.443 e. The molecule has 0 radical (unpaired) electrons. The summed E-state index contributed by atoms with van der Waals surface area (Å²) in [7, 11) is 3.75. The van der Waals surface area contributed by atoms with Crippen LogP contribution >= 0.6 is 0 Å². The molecule has 0 aromatic carbocycles. The predicted molar refractivity (Wildman–Crippen MR) is 96.2 cm³/mol. The van der Waals surface area contributed by atoms with Gasteiger partial charge >= 0.3 is 6.09 Å². The van der Waals surface area contributed by atoms with Crippen molar-refractivity contribution in [3.05, 3.63) is 42.8 Å². The van der Waals surface area contributed by atoms with Crippen LogP contribution in [0.5, 0.6) is 0 Å². The molecule has 0 fully saturated rings. The SMILES string of the molecule is C=C/C=C(\C)c1cccn1C(=O)OC(C)(C)C.CC.CNC. The Kier molecular flexibility index (Phi) is 12.1. The molecule has 0 amide bonds. The van der Waals surface area contributed by atoms with Gasteiger partial charge in [0.2, 0.25) is 0 Å². The molecule has 1 heterocycles. The highest BCUT2D eigenvalue weighted by molar-refractivity contribution is 5.77. The second kappa shape index (κ2) is 11.8. The third-order valence-corrected chi connectivity index (χ3v) is 2.11. The lowest BCUT2D eigenvalue weighted by molar-refractivity contribution is 0.0536. The van der Waals surface area contributed by atoms with E-state index in [1.807, 2.05) is 73.8 Å². The van der Waals surface area contributed by atoms with Gasteiger partial charge < -0.3 is 10.1 Å². The molecule has 126 valence electrons. The number of carbonyl (C=O) groups is 1. The van der Waals surface area contributed by atoms with Crippen LogP contribution in [0.25, 0.3) is 5.57 Å². The van der Waals surface area contributed by atoms with Crippen LogP contribution < -0.4 is 5.32 Å². The molecule has 0 spiro atoms. The van der Waals surface area contributed by atoms with Crippen molar-refractivity contribution >= 4 is 11.7 Å². The van der Waals surface area contributed by atoms with E-state index in [1.165, 1.54) is 4.57 Å². The minimum absolute atomic E-state index is 0.366. The van der Waals surface area contributed by atoms with E-state index >= 15 is 0 Å². The van der Waals surface area contributed by atoms with E-state index in [1.54, 1.807) is 12.3 Å². The van der Waals surface area contributed by atoms with Crippen molar-refractivity contribution in [2.45, 2.75) is 47.1 Å². The molecule has 0 aliphatic carbocycles. The summed E-state index contributed by atoms with van der Waals surface area (Å²) >= 11 is 0. The fourth-order valence-corrected chi connectivity index (χ4v) is 1.43. The van der Waals surface area contributed by atoms with Crippen LogP contribution in [0.2, 0.25) is 0 Å². The first-order valence-corrected chi connectivity index (χ1v) is 7.55. The molecule has 0 aliphatic heterocycles. The Morgan fingerprint density at radius 2 is 1.82 bits per heavy atom. The maximum atomic E-state index is 11.9. The number of rotatable bonds is 2. The Hall–Kier alpha value is -1.81. The van der Waals surface area contributed by atoms with Crippen molar-refractivity contribution in [2.75, 3.05) is 14.1 Å². The highest BCUT2D eigenvalue weighted by Gasteiger charge is 2.19. The molecule has 0 aliphatic rings. The van der Waals surface area contributed by atoms with Gasteiger partial charge in [-0.25, -0.2) is 4.79 Å². The van der Waals surface area contributed by atoms with Crippen LogP contribution in [0.3, 0.4) is 0 Å². The zero-order valence-electron chi connectivity index (χ0n) is 15.4. The van der Waals surface area contributed by atoms with E-state index in [9.17, 15) is 4.79 Å². The molecule has 0 saturated carbocycles. The number of ether oxygens (including phenoxy) is 1. The molecular formula is C18H32N2O2. The summed E-state index contributed by atoms with van der Waals surface area (Å²) in [5, 5.41) is 2.75. The summed E-state index contributed by atoms with van der Waals surface area (Å²) in [5.41, 5.74) is 1.30. The first-order valence-electron chi connectivity index (χ1n) is 7.55. The third-order valence-electron chi connectivity index (χ3n) is 2.11. The van der Waals surface area contributed by atoms with Gasteiger partial charge in [0, 0.05) is 6.20 Å². The lowest BCUT2D eigenvalue weighted by atomic mass is 10.2. The van der Waals surface area contributed by atoms with Crippen LogP contribution in [0.4, 0.5) is 4.79 Å². The lowest BCUT2D eigenvalue weighted by Gasteiger charge is -2.20. The van der Waals surface area contributed by atoms with E-state index in [2.05, 4.69) is 11.9 Å². The van der Waals surface area contributed by atoms with E-state index in [0.29, 0.717) is 0 Å². The zero-order chi connectivity index (χ0) is 17.8. The average molecular weight is 308 g/mol. The van der Waals surface area contributed by atoms with Gasteiger partial charge in [0.1, 0.15) is 5.60 Å². The van der Waals surface area contributed by atoms with Gasteiger partial charge in [0.05, 0.1) is 5.69 Å². The molecule has 4 heteroatoms. The van der Waals surface area contributed by atoms with Crippen LogP contribution in [0.1, 0.15) is 47.2 Å². The number of aromatic nitrogens is 1. The molecule has 22 heavy (non-hydrogen) atoms. The van der Waals surface area contributed by atoms with E-state index in [4.69, 9.17) is 4.74 Å². The number of carbonyl (C=O) groups excluding carboxylic acids is 1. The Morgan fingerprint density at radius 3 is 2.23 bits per heavy atom. The normalized spacial score (nSPS) is 10.6. The summed E-state index contributed by atoms with van der Waals surface area (Å²) in [6, 6.07) is 3.69. The Bertz CT molecular complexity index is 466. The largest absolute Gasteiger partial charge is 0.443 e. The Labute approximate surface area is 135 Å². The van der Waals surface area contributed by atoms with E-state index in [-0.39, 0.29) is 6.09 Å². The minimum atomic E-state index is -0.491. The fraction of sp³-hybridized carbons (Fsp3) is 0.500. The van der Waals surface area contributed by atoms with Gasteiger partial charge in [-0.2, -0.15) is 0 Å². The van der Waals surface area contributed by atoms with Gasteiger partial charge in [-0.05, 0) is 59.5 Å². The monoisotopic (exact) mass is 308 g/mol. The van der Waals surface area contributed by atoms with Crippen LogP contribution in [-0.4, -0.2) is 30.4 Å². The highest BCUT2D eigenvalue weighted by atomic mass is 16.6. The lowest BCUT2D eigenvalue weighted by Crippen LogP contribution is -2.27. The summed E-state index contributed by atoms with van der Waals surface area (Å²) in [6.07, 6.45) is 4.89. The Balaban J connectivity index is 0. The first kappa shape index (κ1) is 22.5. The maximum absolute atomic E-state index is 11.9.